The molecule has 0 aromatic rings. The Kier molecular flexibility index (Phi) is 3.34. The van der Waals surface area contributed by atoms with Gasteiger partial charge in [-0.2, -0.15) is 0 Å². The van der Waals surface area contributed by atoms with E-state index in [0.29, 0.717) is 12.2 Å². The van der Waals surface area contributed by atoms with Gasteiger partial charge in [0.25, 0.3) is 0 Å². The second kappa shape index (κ2) is 4.07. The van der Waals surface area contributed by atoms with Crippen molar-refractivity contribution in [2.45, 2.75) is 38.9 Å². The van der Waals surface area contributed by atoms with Crippen molar-refractivity contribution in [3.05, 3.63) is 0 Å². The molecule has 1 aliphatic carbocycles. The number of hydrogen-bond donors (Lipinski definition) is 0. The molecule has 1 saturated carbocycles. The Hall–Kier alpha value is -0.0800. The van der Waals surface area contributed by atoms with E-state index in [4.69, 9.17) is 9.47 Å². The first-order valence-corrected chi connectivity index (χ1v) is 4.36. The van der Waals surface area contributed by atoms with Crippen LogP contribution in [-0.2, 0) is 9.47 Å². The van der Waals surface area contributed by atoms with Crippen LogP contribution in [0.25, 0.3) is 0 Å². The molecule has 66 valence electrons. The van der Waals surface area contributed by atoms with E-state index in [0.717, 1.165) is 12.5 Å². The number of ether oxygens (including phenoxy) is 2. The molecule has 0 saturated heterocycles. The molecular formula is C9H18O2. The average Bonchev–Trinajstić information content (AvgIpc) is 1.84. The number of rotatable bonds is 4. The van der Waals surface area contributed by atoms with E-state index in [1.54, 1.807) is 7.11 Å². The minimum absolute atomic E-state index is 0.372. The van der Waals surface area contributed by atoms with Crippen molar-refractivity contribution >= 4 is 0 Å². The largest absolute Gasteiger partial charge is 0.381 e. The zero-order valence-corrected chi connectivity index (χ0v) is 7.67. The summed E-state index contributed by atoms with van der Waals surface area (Å²) in [6.45, 7) is 5.07. The maximum absolute atomic E-state index is 5.48. The fourth-order valence-corrected chi connectivity index (χ4v) is 1.33. The molecule has 0 heterocycles. The van der Waals surface area contributed by atoms with E-state index in [2.05, 4.69) is 13.8 Å². The highest BCUT2D eigenvalue weighted by Crippen LogP contribution is 2.29. The highest BCUT2D eigenvalue weighted by molar-refractivity contribution is 4.79. The van der Waals surface area contributed by atoms with Gasteiger partial charge in [0.15, 0.2) is 0 Å². The van der Waals surface area contributed by atoms with Gasteiger partial charge in [0.05, 0.1) is 12.2 Å². The summed E-state index contributed by atoms with van der Waals surface area (Å²) in [5.41, 5.74) is 0. The fourth-order valence-electron chi connectivity index (χ4n) is 1.33. The SMILES string of the molecule is COC1CC(COC(C)C)C1. The Balaban J connectivity index is 1.96. The van der Waals surface area contributed by atoms with Crippen LogP contribution in [0.4, 0.5) is 0 Å². The molecule has 0 spiro atoms. The van der Waals surface area contributed by atoms with Gasteiger partial charge in [-0.3, -0.25) is 0 Å². The van der Waals surface area contributed by atoms with Gasteiger partial charge in [-0.05, 0) is 32.6 Å². The molecule has 0 aromatic heterocycles. The lowest BCUT2D eigenvalue weighted by atomic mass is 9.83. The molecule has 1 fully saturated rings. The predicted molar refractivity (Wildman–Crippen MR) is 44.6 cm³/mol. The molecule has 0 aliphatic heterocycles. The van der Waals surface area contributed by atoms with Crippen molar-refractivity contribution in [2.24, 2.45) is 5.92 Å². The van der Waals surface area contributed by atoms with Gasteiger partial charge in [-0.1, -0.05) is 0 Å². The molecule has 1 aliphatic rings. The summed E-state index contributed by atoms with van der Waals surface area (Å²) in [6.07, 6.45) is 3.25. The monoisotopic (exact) mass is 158 g/mol. The molecule has 0 radical (unpaired) electrons. The lowest BCUT2D eigenvalue weighted by Crippen LogP contribution is -2.33. The smallest absolute Gasteiger partial charge is 0.0578 e. The highest BCUT2D eigenvalue weighted by atomic mass is 16.5. The summed E-state index contributed by atoms with van der Waals surface area (Å²) in [5.74, 6) is 0.752. The first-order valence-electron chi connectivity index (χ1n) is 4.36. The van der Waals surface area contributed by atoms with Crippen molar-refractivity contribution in [3.63, 3.8) is 0 Å². The molecule has 0 N–H and O–H groups in total. The van der Waals surface area contributed by atoms with Crippen LogP contribution in [0.5, 0.6) is 0 Å². The van der Waals surface area contributed by atoms with Gasteiger partial charge < -0.3 is 9.47 Å². The first kappa shape index (κ1) is 9.01. The molecule has 0 aromatic carbocycles. The normalized spacial score (nSPS) is 30.5. The maximum atomic E-state index is 5.48. The van der Waals surface area contributed by atoms with Crippen molar-refractivity contribution in [1.82, 2.24) is 0 Å². The minimum atomic E-state index is 0.372. The van der Waals surface area contributed by atoms with Crippen molar-refractivity contribution in [1.29, 1.82) is 0 Å². The molecule has 0 bridgehead atoms. The minimum Gasteiger partial charge on any atom is -0.381 e. The van der Waals surface area contributed by atoms with Crippen molar-refractivity contribution < 1.29 is 9.47 Å². The van der Waals surface area contributed by atoms with E-state index in [1.165, 1.54) is 12.8 Å². The van der Waals surface area contributed by atoms with E-state index in [-0.39, 0.29) is 0 Å². The predicted octanol–water partition coefficient (Wildman–Crippen LogP) is 1.84. The third-order valence-corrected chi connectivity index (χ3v) is 2.19. The van der Waals surface area contributed by atoms with Crippen LogP contribution in [-0.4, -0.2) is 25.9 Å². The Bertz CT molecular complexity index is 106. The van der Waals surface area contributed by atoms with Gasteiger partial charge in [-0.15, -0.1) is 0 Å². The Morgan fingerprint density at radius 3 is 2.45 bits per heavy atom. The van der Waals surface area contributed by atoms with Crippen LogP contribution < -0.4 is 0 Å². The summed E-state index contributed by atoms with van der Waals surface area (Å²) < 4.78 is 10.7. The highest BCUT2D eigenvalue weighted by Gasteiger charge is 2.28. The van der Waals surface area contributed by atoms with Crippen LogP contribution in [0.15, 0.2) is 0 Å². The van der Waals surface area contributed by atoms with E-state index in [1.807, 2.05) is 0 Å². The van der Waals surface area contributed by atoms with E-state index in [9.17, 15) is 0 Å². The molecule has 1 rings (SSSR count). The lowest BCUT2D eigenvalue weighted by Gasteiger charge is -2.34. The molecule has 2 heteroatoms. The van der Waals surface area contributed by atoms with Gasteiger partial charge >= 0.3 is 0 Å². The van der Waals surface area contributed by atoms with Crippen LogP contribution in [0.3, 0.4) is 0 Å². The van der Waals surface area contributed by atoms with E-state index >= 15 is 0 Å². The zero-order valence-electron chi connectivity index (χ0n) is 7.67. The van der Waals surface area contributed by atoms with Gasteiger partial charge in [0, 0.05) is 13.7 Å². The Morgan fingerprint density at radius 2 is 2.00 bits per heavy atom. The van der Waals surface area contributed by atoms with Crippen LogP contribution in [0.1, 0.15) is 26.7 Å². The first-order chi connectivity index (χ1) is 5.22. The lowest BCUT2D eigenvalue weighted by molar-refractivity contribution is -0.0463. The molecule has 2 nitrogen and oxygen atoms in total. The second-order valence-electron chi connectivity index (χ2n) is 3.58. The molecular weight excluding hydrogens is 140 g/mol. The standard InChI is InChI=1S/C9H18O2/c1-7(2)11-6-8-4-9(5-8)10-3/h7-9H,4-6H2,1-3H3. The Morgan fingerprint density at radius 1 is 1.36 bits per heavy atom. The van der Waals surface area contributed by atoms with Gasteiger partial charge in [0.1, 0.15) is 0 Å². The van der Waals surface area contributed by atoms with Crippen molar-refractivity contribution in [2.75, 3.05) is 13.7 Å². The van der Waals surface area contributed by atoms with Gasteiger partial charge in [0.2, 0.25) is 0 Å². The summed E-state index contributed by atoms with van der Waals surface area (Å²) in [6, 6.07) is 0. The zero-order chi connectivity index (χ0) is 8.27. The summed E-state index contributed by atoms with van der Waals surface area (Å²) in [5, 5.41) is 0. The molecule has 11 heavy (non-hydrogen) atoms. The Labute approximate surface area is 68.9 Å². The molecule has 0 unspecified atom stereocenters. The fraction of sp³-hybridized carbons (Fsp3) is 1.00. The second-order valence-corrected chi connectivity index (χ2v) is 3.58. The maximum Gasteiger partial charge on any atom is 0.0578 e. The quantitative estimate of drug-likeness (QED) is 0.621. The number of methoxy groups -OCH3 is 1. The third-order valence-electron chi connectivity index (χ3n) is 2.19. The summed E-state index contributed by atoms with van der Waals surface area (Å²) in [4.78, 5) is 0. The molecule has 0 atom stereocenters. The van der Waals surface area contributed by atoms with Crippen LogP contribution in [0.2, 0.25) is 0 Å². The average molecular weight is 158 g/mol. The van der Waals surface area contributed by atoms with Crippen LogP contribution >= 0.6 is 0 Å². The van der Waals surface area contributed by atoms with Crippen LogP contribution in [0, 0.1) is 5.92 Å². The van der Waals surface area contributed by atoms with Gasteiger partial charge in [-0.25, -0.2) is 0 Å². The molecule has 0 amide bonds. The van der Waals surface area contributed by atoms with E-state index < -0.39 is 0 Å². The summed E-state index contributed by atoms with van der Waals surface area (Å²) >= 11 is 0. The van der Waals surface area contributed by atoms with Crippen molar-refractivity contribution in [3.8, 4) is 0 Å². The topological polar surface area (TPSA) is 18.5 Å². The summed E-state index contributed by atoms with van der Waals surface area (Å²) in [7, 11) is 1.78. The number of hydrogen-bond acceptors (Lipinski definition) is 2. The third kappa shape index (κ3) is 2.80.